The molecule has 20 heavy (non-hydrogen) atoms. The molecule has 0 fully saturated rings. The normalized spacial score (nSPS) is 10.4. The van der Waals surface area contributed by atoms with Gasteiger partial charge in [-0.25, -0.2) is 0 Å². The number of aromatic nitrogens is 3. The molecule has 0 aliphatic heterocycles. The molecule has 0 amide bonds. The zero-order valence-electron chi connectivity index (χ0n) is 11.3. The van der Waals surface area contributed by atoms with Gasteiger partial charge < -0.3 is 10.8 Å². The molecule has 2 heterocycles. The number of rotatable bonds is 3. The van der Waals surface area contributed by atoms with E-state index in [4.69, 9.17) is 10.8 Å². The van der Waals surface area contributed by atoms with Crippen LogP contribution in [0.2, 0.25) is 0 Å². The largest absolute Gasteiger partial charge is 0.390 e. The average molecular weight is 317 g/mol. The summed E-state index contributed by atoms with van der Waals surface area (Å²) in [4.78, 5) is 4.10. The third-order valence-corrected chi connectivity index (χ3v) is 2.61. The van der Waals surface area contributed by atoms with Crippen LogP contribution in [0, 0.1) is 0 Å². The molecule has 110 valence electrons. The molecule has 2 aromatic heterocycles. The van der Waals surface area contributed by atoms with Crippen LogP contribution in [0.4, 0.5) is 0 Å². The Kier molecular flexibility index (Phi) is 7.02. The predicted octanol–water partition coefficient (Wildman–Crippen LogP) is 2.07. The molecule has 0 aliphatic carbocycles. The summed E-state index contributed by atoms with van der Waals surface area (Å²) in [7, 11) is 0. The van der Waals surface area contributed by atoms with Crippen molar-refractivity contribution in [1.82, 2.24) is 15.2 Å². The smallest absolute Gasteiger partial charge is 0.0945 e. The van der Waals surface area contributed by atoms with E-state index in [1.165, 1.54) is 0 Å². The molecule has 7 heteroatoms. The van der Waals surface area contributed by atoms with Gasteiger partial charge in [0, 0.05) is 11.8 Å². The van der Waals surface area contributed by atoms with Crippen molar-refractivity contribution in [1.29, 1.82) is 0 Å². The summed E-state index contributed by atoms with van der Waals surface area (Å²) in [5.74, 6) is 0. The number of aliphatic hydroxyl groups is 1. The van der Waals surface area contributed by atoms with E-state index >= 15 is 0 Å². The van der Waals surface area contributed by atoms with Gasteiger partial charge in [-0.1, -0.05) is 0 Å². The second kappa shape index (κ2) is 7.50. The molecule has 2 rings (SSSR count). The number of pyridine rings is 1. The molecule has 0 saturated heterocycles. The molecule has 0 aromatic carbocycles. The van der Waals surface area contributed by atoms with Gasteiger partial charge in [-0.05, 0) is 38.1 Å². The number of hydrogen-bond donors (Lipinski definition) is 2. The lowest BCUT2D eigenvalue weighted by Crippen LogP contribution is -2.30. The second-order valence-corrected chi connectivity index (χ2v) is 4.72. The molecule has 0 bridgehead atoms. The van der Waals surface area contributed by atoms with Crippen LogP contribution in [0.3, 0.4) is 0 Å². The second-order valence-electron chi connectivity index (χ2n) is 4.72. The van der Waals surface area contributed by atoms with Crippen molar-refractivity contribution in [2.24, 2.45) is 5.73 Å². The standard InChI is InChI=1S/C13H16N4O.2ClH/c1-13(2,14)12-6-5-11(16-17-12)9-3-4-10(8-18)15-7-9;;/h3-7,18H,8,14H2,1-2H3;2*1H. The Balaban J connectivity index is 0.00000180. The summed E-state index contributed by atoms with van der Waals surface area (Å²) in [5, 5.41) is 17.2. The summed E-state index contributed by atoms with van der Waals surface area (Å²) < 4.78 is 0. The minimum Gasteiger partial charge on any atom is -0.390 e. The third kappa shape index (κ3) is 4.38. The number of nitrogens with zero attached hydrogens (tertiary/aromatic N) is 3. The number of nitrogens with two attached hydrogens (primary N) is 1. The number of halogens is 2. The minimum atomic E-state index is -0.496. The van der Waals surface area contributed by atoms with Gasteiger partial charge in [-0.15, -0.1) is 24.8 Å². The Morgan fingerprint density at radius 2 is 1.80 bits per heavy atom. The van der Waals surface area contributed by atoms with E-state index in [1.807, 2.05) is 32.0 Å². The van der Waals surface area contributed by atoms with Gasteiger partial charge in [0.05, 0.1) is 29.2 Å². The zero-order valence-corrected chi connectivity index (χ0v) is 12.9. The van der Waals surface area contributed by atoms with Crippen LogP contribution >= 0.6 is 24.8 Å². The molecule has 0 aliphatic rings. The molecule has 3 N–H and O–H groups in total. The maximum atomic E-state index is 8.92. The fourth-order valence-electron chi connectivity index (χ4n) is 1.50. The van der Waals surface area contributed by atoms with Crippen LogP contribution in [0.1, 0.15) is 25.2 Å². The molecule has 5 nitrogen and oxygen atoms in total. The first-order valence-corrected chi connectivity index (χ1v) is 5.70. The molecule has 0 saturated carbocycles. The van der Waals surface area contributed by atoms with Crippen molar-refractivity contribution < 1.29 is 5.11 Å². The Hall–Kier alpha value is -1.27. The van der Waals surface area contributed by atoms with E-state index in [2.05, 4.69) is 15.2 Å². The Morgan fingerprint density at radius 1 is 1.10 bits per heavy atom. The van der Waals surface area contributed by atoms with Crippen LogP contribution in [-0.2, 0) is 12.1 Å². The first-order chi connectivity index (χ1) is 8.50. The molecule has 0 atom stereocenters. The van der Waals surface area contributed by atoms with Crippen LogP contribution in [0.25, 0.3) is 11.3 Å². The third-order valence-electron chi connectivity index (χ3n) is 2.61. The van der Waals surface area contributed by atoms with Crippen LogP contribution < -0.4 is 5.73 Å². The van der Waals surface area contributed by atoms with Gasteiger partial charge in [-0.3, -0.25) is 4.98 Å². The fraction of sp³-hybridized carbons (Fsp3) is 0.308. The monoisotopic (exact) mass is 316 g/mol. The van der Waals surface area contributed by atoms with Crippen LogP contribution in [0.15, 0.2) is 30.5 Å². The minimum absolute atomic E-state index is 0. The van der Waals surface area contributed by atoms with Gasteiger partial charge >= 0.3 is 0 Å². The van der Waals surface area contributed by atoms with Crippen LogP contribution in [0.5, 0.6) is 0 Å². The van der Waals surface area contributed by atoms with Crippen molar-refractivity contribution in [3.05, 3.63) is 41.9 Å². The number of aliphatic hydroxyl groups excluding tert-OH is 1. The van der Waals surface area contributed by atoms with Crippen molar-refractivity contribution in [2.45, 2.75) is 26.0 Å². The van der Waals surface area contributed by atoms with Crippen molar-refractivity contribution >= 4 is 24.8 Å². The van der Waals surface area contributed by atoms with Gasteiger partial charge in [0.2, 0.25) is 0 Å². The summed E-state index contributed by atoms with van der Waals surface area (Å²) in [6.07, 6.45) is 1.67. The highest BCUT2D eigenvalue weighted by Crippen LogP contribution is 2.18. The lowest BCUT2D eigenvalue weighted by atomic mass is 10.0. The summed E-state index contributed by atoms with van der Waals surface area (Å²) >= 11 is 0. The Labute approximate surface area is 130 Å². The van der Waals surface area contributed by atoms with E-state index in [9.17, 15) is 0 Å². The maximum Gasteiger partial charge on any atom is 0.0945 e. The van der Waals surface area contributed by atoms with Crippen molar-refractivity contribution in [3.63, 3.8) is 0 Å². The van der Waals surface area contributed by atoms with Gasteiger partial charge in [-0.2, -0.15) is 10.2 Å². The fourth-order valence-corrected chi connectivity index (χ4v) is 1.50. The first kappa shape index (κ1) is 18.7. The zero-order chi connectivity index (χ0) is 13.2. The van der Waals surface area contributed by atoms with Gasteiger partial charge in [0.15, 0.2) is 0 Å². The van der Waals surface area contributed by atoms with Crippen molar-refractivity contribution in [3.8, 4) is 11.3 Å². The lowest BCUT2D eigenvalue weighted by Gasteiger charge is -2.16. The number of hydrogen-bond acceptors (Lipinski definition) is 5. The molecule has 0 unspecified atom stereocenters. The highest BCUT2D eigenvalue weighted by molar-refractivity contribution is 5.85. The Bertz CT molecular complexity index is 524. The average Bonchev–Trinajstić information content (AvgIpc) is 2.38. The quantitative estimate of drug-likeness (QED) is 0.905. The predicted molar refractivity (Wildman–Crippen MR) is 82.9 cm³/mol. The summed E-state index contributed by atoms with van der Waals surface area (Å²) in [5.41, 5.74) is 8.42. The van der Waals surface area contributed by atoms with E-state index in [0.29, 0.717) is 5.69 Å². The maximum absolute atomic E-state index is 8.92. The molecular weight excluding hydrogens is 299 g/mol. The highest BCUT2D eigenvalue weighted by atomic mass is 35.5. The first-order valence-electron chi connectivity index (χ1n) is 5.70. The lowest BCUT2D eigenvalue weighted by molar-refractivity contribution is 0.277. The molecule has 0 spiro atoms. The van der Waals surface area contributed by atoms with E-state index < -0.39 is 5.54 Å². The van der Waals surface area contributed by atoms with E-state index in [1.54, 1.807) is 12.3 Å². The molecule has 2 aromatic rings. The van der Waals surface area contributed by atoms with Crippen molar-refractivity contribution in [2.75, 3.05) is 0 Å². The summed E-state index contributed by atoms with van der Waals surface area (Å²) in [6, 6.07) is 7.35. The van der Waals surface area contributed by atoms with Gasteiger partial charge in [0.1, 0.15) is 0 Å². The molecular formula is C13H18Cl2N4O. The van der Waals surface area contributed by atoms with Crippen LogP contribution in [-0.4, -0.2) is 20.3 Å². The molecule has 0 radical (unpaired) electrons. The summed E-state index contributed by atoms with van der Waals surface area (Å²) in [6.45, 7) is 3.70. The SMILES string of the molecule is CC(C)(N)c1ccc(-c2ccc(CO)nc2)nn1.Cl.Cl. The highest BCUT2D eigenvalue weighted by Gasteiger charge is 2.16. The van der Waals surface area contributed by atoms with E-state index in [0.717, 1.165) is 17.0 Å². The van der Waals surface area contributed by atoms with Gasteiger partial charge in [0.25, 0.3) is 0 Å². The topological polar surface area (TPSA) is 84.9 Å². The van der Waals surface area contributed by atoms with E-state index in [-0.39, 0.29) is 31.4 Å². The Morgan fingerprint density at radius 3 is 2.20 bits per heavy atom.